The molecule has 5 heteroatoms. The Hall–Kier alpha value is -1.51. The van der Waals surface area contributed by atoms with Gasteiger partial charge in [0.15, 0.2) is 5.58 Å². The molecule has 0 spiro atoms. The first-order chi connectivity index (χ1) is 7.61. The molecule has 4 nitrogen and oxygen atoms in total. The second-order valence-corrected chi connectivity index (χ2v) is 4.69. The molecular weight excluding hydrogens is 222 g/mol. The number of aromatic nitrogens is 1. The predicted molar refractivity (Wildman–Crippen MR) is 62.9 cm³/mol. The molecule has 0 bridgehead atoms. The monoisotopic (exact) mass is 233 g/mol. The van der Waals surface area contributed by atoms with E-state index in [4.69, 9.17) is 15.4 Å². The average Bonchev–Trinajstić information content (AvgIpc) is 2.69. The fraction of sp³-hybridized carbons (Fsp3) is 0.273. The highest BCUT2D eigenvalue weighted by atomic mass is 32.2. The van der Waals surface area contributed by atoms with Gasteiger partial charge in [0, 0.05) is 5.75 Å². The van der Waals surface area contributed by atoms with Gasteiger partial charge in [-0.1, -0.05) is 23.9 Å². The molecule has 0 radical (unpaired) electrons. The van der Waals surface area contributed by atoms with E-state index in [1.165, 1.54) is 11.8 Å². The van der Waals surface area contributed by atoms with Crippen LogP contribution in [0.2, 0.25) is 0 Å². The van der Waals surface area contributed by atoms with Gasteiger partial charge in [-0.2, -0.15) is 5.26 Å². The zero-order valence-electron chi connectivity index (χ0n) is 8.80. The lowest BCUT2D eigenvalue weighted by molar-refractivity contribution is 0.488. The molecule has 1 heterocycles. The smallest absolute Gasteiger partial charge is 0.256 e. The van der Waals surface area contributed by atoms with Gasteiger partial charge in [0.25, 0.3) is 5.22 Å². The summed E-state index contributed by atoms with van der Waals surface area (Å²) in [6, 6.07) is 9.57. The fourth-order valence-electron chi connectivity index (χ4n) is 1.16. The Bertz CT molecular complexity index is 508. The topological polar surface area (TPSA) is 75.8 Å². The molecule has 1 atom stereocenters. The molecule has 0 amide bonds. The molecule has 2 N–H and O–H groups in total. The van der Waals surface area contributed by atoms with Gasteiger partial charge < -0.3 is 10.2 Å². The van der Waals surface area contributed by atoms with Crippen molar-refractivity contribution in [3.05, 3.63) is 24.3 Å². The molecule has 82 valence electrons. The number of fused-ring (bicyclic) bond motifs is 1. The zero-order valence-corrected chi connectivity index (χ0v) is 9.62. The normalized spacial score (nSPS) is 14.6. The highest BCUT2D eigenvalue weighted by Crippen LogP contribution is 2.24. The summed E-state index contributed by atoms with van der Waals surface area (Å²) in [6.45, 7) is 1.68. The van der Waals surface area contributed by atoms with Crippen molar-refractivity contribution in [2.45, 2.75) is 17.7 Å². The Labute approximate surface area is 97.4 Å². The maximum Gasteiger partial charge on any atom is 0.256 e. The number of para-hydroxylation sites is 2. The Morgan fingerprint density at radius 1 is 1.56 bits per heavy atom. The number of thioether (sulfide) groups is 1. The molecule has 2 aromatic rings. The van der Waals surface area contributed by atoms with Crippen LogP contribution in [0.3, 0.4) is 0 Å². The van der Waals surface area contributed by atoms with E-state index in [0.717, 1.165) is 11.1 Å². The van der Waals surface area contributed by atoms with Gasteiger partial charge in [-0.3, -0.25) is 0 Å². The van der Waals surface area contributed by atoms with Crippen molar-refractivity contribution in [3.63, 3.8) is 0 Å². The molecule has 0 fully saturated rings. The second-order valence-electron chi connectivity index (χ2n) is 3.77. The van der Waals surface area contributed by atoms with E-state index in [0.29, 0.717) is 11.0 Å². The van der Waals surface area contributed by atoms with E-state index < -0.39 is 5.54 Å². The van der Waals surface area contributed by atoms with Crippen molar-refractivity contribution in [3.8, 4) is 6.07 Å². The number of benzene rings is 1. The van der Waals surface area contributed by atoms with Crippen molar-refractivity contribution in [2.75, 3.05) is 5.75 Å². The van der Waals surface area contributed by atoms with Gasteiger partial charge in [-0.05, 0) is 19.1 Å². The minimum absolute atomic E-state index is 0.455. The van der Waals surface area contributed by atoms with E-state index in [2.05, 4.69) is 4.98 Å². The van der Waals surface area contributed by atoms with Gasteiger partial charge >= 0.3 is 0 Å². The summed E-state index contributed by atoms with van der Waals surface area (Å²) in [5.74, 6) is 0.455. The Kier molecular flexibility index (Phi) is 2.86. The lowest BCUT2D eigenvalue weighted by atomic mass is 10.1. The van der Waals surface area contributed by atoms with Crippen molar-refractivity contribution >= 4 is 22.9 Å². The fourth-order valence-corrected chi connectivity index (χ4v) is 1.96. The number of hydrogen-bond donors (Lipinski definition) is 1. The van der Waals surface area contributed by atoms with Crippen molar-refractivity contribution < 1.29 is 4.42 Å². The minimum atomic E-state index is -0.856. The molecule has 2 rings (SSSR count). The molecule has 0 aliphatic heterocycles. The lowest BCUT2D eigenvalue weighted by Gasteiger charge is -2.11. The van der Waals surface area contributed by atoms with Crippen LogP contribution >= 0.6 is 11.8 Å². The zero-order chi connectivity index (χ0) is 11.6. The molecular formula is C11H11N3OS. The Balaban J connectivity index is 2.14. The third kappa shape index (κ3) is 2.35. The standard InChI is InChI=1S/C11H11N3OS/c1-11(13,6-12)7-16-10-14-8-4-2-3-5-9(8)15-10/h2-5H,7,13H2,1H3. The highest BCUT2D eigenvalue weighted by molar-refractivity contribution is 7.99. The number of hydrogen-bond acceptors (Lipinski definition) is 5. The molecule has 1 aromatic heterocycles. The van der Waals surface area contributed by atoms with Crippen LogP contribution in [0.15, 0.2) is 33.9 Å². The first kappa shape index (κ1) is 11.0. The van der Waals surface area contributed by atoms with Crippen LogP contribution in [0.1, 0.15) is 6.92 Å². The SMILES string of the molecule is CC(N)(C#N)CSc1nc2ccccc2o1. The Morgan fingerprint density at radius 3 is 3.00 bits per heavy atom. The maximum atomic E-state index is 8.77. The van der Waals surface area contributed by atoms with Crippen molar-refractivity contribution in [1.29, 1.82) is 5.26 Å². The maximum absolute atomic E-state index is 8.77. The van der Waals surface area contributed by atoms with E-state index in [1.54, 1.807) is 6.92 Å². The summed E-state index contributed by atoms with van der Waals surface area (Å²) in [6.07, 6.45) is 0. The lowest BCUT2D eigenvalue weighted by Crippen LogP contribution is -2.36. The van der Waals surface area contributed by atoms with Crippen molar-refractivity contribution in [2.24, 2.45) is 5.73 Å². The first-order valence-electron chi connectivity index (χ1n) is 4.79. The van der Waals surface area contributed by atoms with Gasteiger partial charge in [0.1, 0.15) is 11.1 Å². The van der Waals surface area contributed by atoms with Gasteiger partial charge in [0.05, 0.1) is 6.07 Å². The van der Waals surface area contributed by atoms with Crippen LogP contribution in [0.5, 0.6) is 0 Å². The summed E-state index contributed by atoms with van der Waals surface area (Å²) < 4.78 is 5.49. The molecule has 16 heavy (non-hydrogen) atoms. The van der Waals surface area contributed by atoms with Crippen LogP contribution in [-0.2, 0) is 0 Å². The molecule has 0 aliphatic carbocycles. The van der Waals surface area contributed by atoms with Gasteiger partial charge in [-0.15, -0.1) is 0 Å². The summed E-state index contributed by atoms with van der Waals surface area (Å²) in [5, 5.41) is 9.32. The predicted octanol–water partition coefficient (Wildman–Crippen LogP) is 2.16. The van der Waals surface area contributed by atoms with Crippen LogP contribution in [0, 0.1) is 11.3 Å². The minimum Gasteiger partial charge on any atom is -0.431 e. The van der Waals surface area contributed by atoms with Crippen LogP contribution in [0.4, 0.5) is 0 Å². The third-order valence-electron chi connectivity index (χ3n) is 2.03. The summed E-state index contributed by atoms with van der Waals surface area (Å²) in [7, 11) is 0. The van der Waals surface area contributed by atoms with E-state index in [1.807, 2.05) is 30.3 Å². The summed E-state index contributed by atoms with van der Waals surface area (Å²) in [5.41, 5.74) is 6.42. The van der Waals surface area contributed by atoms with Gasteiger partial charge in [-0.25, -0.2) is 4.98 Å². The van der Waals surface area contributed by atoms with E-state index in [9.17, 15) is 0 Å². The average molecular weight is 233 g/mol. The third-order valence-corrected chi connectivity index (χ3v) is 3.19. The molecule has 1 unspecified atom stereocenters. The first-order valence-corrected chi connectivity index (χ1v) is 5.78. The number of nitrogens with zero attached hydrogens (tertiary/aromatic N) is 2. The van der Waals surface area contributed by atoms with Crippen LogP contribution < -0.4 is 5.73 Å². The summed E-state index contributed by atoms with van der Waals surface area (Å²) in [4.78, 5) is 4.28. The number of nitriles is 1. The largest absolute Gasteiger partial charge is 0.431 e. The molecule has 1 aromatic carbocycles. The quantitative estimate of drug-likeness (QED) is 0.822. The Morgan fingerprint density at radius 2 is 2.31 bits per heavy atom. The van der Waals surface area contributed by atoms with E-state index >= 15 is 0 Å². The number of rotatable bonds is 3. The summed E-state index contributed by atoms with van der Waals surface area (Å²) >= 11 is 1.35. The highest BCUT2D eigenvalue weighted by Gasteiger charge is 2.19. The molecule has 0 saturated heterocycles. The van der Waals surface area contributed by atoms with Gasteiger partial charge in [0.2, 0.25) is 0 Å². The van der Waals surface area contributed by atoms with E-state index in [-0.39, 0.29) is 0 Å². The number of oxazole rings is 1. The second kappa shape index (κ2) is 4.16. The van der Waals surface area contributed by atoms with Crippen LogP contribution in [-0.4, -0.2) is 16.3 Å². The molecule has 0 saturated carbocycles. The molecule has 0 aliphatic rings. The van der Waals surface area contributed by atoms with Crippen LogP contribution in [0.25, 0.3) is 11.1 Å². The number of nitrogens with two attached hydrogens (primary N) is 1. The van der Waals surface area contributed by atoms with Crippen molar-refractivity contribution in [1.82, 2.24) is 4.98 Å².